The first-order valence-corrected chi connectivity index (χ1v) is 9.10. The lowest BCUT2D eigenvalue weighted by atomic mass is 9.99. The van der Waals surface area contributed by atoms with Crippen molar-refractivity contribution >= 4 is 34.0 Å². The quantitative estimate of drug-likeness (QED) is 0.896. The van der Waals surface area contributed by atoms with Crippen LogP contribution in [0.3, 0.4) is 0 Å². The van der Waals surface area contributed by atoms with Crippen LogP contribution in [0.15, 0.2) is 29.6 Å². The number of anilines is 1. The predicted molar refractivity (Wildman–Crippen MR) is 95.2 cm³/mol. The fraction of sp³-hybridized carbons (Fsp3) is 0.412. The van der Waals surface area contributed by atoms with Gasteiger partial charge in [0.05, 0.1) is 16.3 Å². The van der Waals surface area contributed by atoms with Crippen LogP contribution in [0.5, 0.6) is 0 Å². The summed E-state index contributed by atoms with van der Waals surface area (Å²) >= 11 is 7.50. The molecule has 0 spiro atoms. The van der Waals surface area contributed by atoms with E-state index in [0.717, 1.165) is 31.2 Å². The Hall–Kier alpha value is -1.43. The third-order valence-electron chi connectivity index (χ3n) is 4.15. The van der Waals surface area contributed by atoms with E-state index >= 15 is 0 Å². The molecule has 1 saturated heterocycles. The van der Waals surface area contributed by atoms with Crippen molar-refractivity contribution in [2.45, 2.75) is 26.3 Å². The van der Waals surface area contributed by atoms with Gasteiger partial charge in [-0.1, -0.05) is 30.7 Å². The summed E-state index contributed by atoms with van der Waals surface area (Å²) in [6.07, 6.45) is 2.50. The van der Waals surface area contributed by atoms with Crippen LogP contribution in [0.1, 0.15) is 35.8 Å². The van der Waals surface area contributed by atoms with Crippen LogP contribution in [0.2, 0.25) is 5.02 Å². The summed E-state index contributed by atoms with van der Waals surface area (Å²) in [7, 11) is 0. The van der Waals surface area contributed by atoms with Crippen LogP contribution in [0, 0.1) is 5.92 Å². The molecule has 0 saturated carbocycles. The highest BCUT2D eigenvalue weighted by Crippen LogP contribution is 2.22. The van der Waals surface area contributed by atoms with E-state index in [1.807, 2.05) is 5.38 Å². The Kier molecular flexibility index (Phi) is 5.30. The molecule has 2 aromatic rings. The smallest absolute Gasteiger partial charge is 0.258 e. The molecule has 1 aromatic carbocycles. The molecule has 3 rings (SSSR count). The summed E-state index contributed by atoms with van der Waals surface area (Å²) in [5.41, 5.74) is 1.48. The number of thiazole rings is 1. The van der Waals surface area contributed by atoms with Crippen LogP contribution >= 0.6 is 22.9 Å². The molecule has 1 fully saturated rings. The predicted octanol–water partition coefficient (Wildman–Crippen LogP) is 4.28. The molecule has 4 nitrogen and oxygen atoms in total. The number of carbonyl (C=O) groups excluding carboxylic acids is 1. The van der Waals surface area contributed by atoms with Gasteiger partial charge in [-0.05, 0) is 44.0 Å². The van der Waals surface area contributed by atoms with E-state index in [9.17, 15) is 4.79 Å². The minimum absolute atomic E-state index is 0.219. The summed E-state index contributed by atoms with van der Waals surface area (Å²) in [5.74, 6) is 0.607. The van der Waals surface area contributed by atoms with Crippen LogP contribution in [-0.4, -0.2) is 28.9 Å². The monoisotopic (exact) mass is 349 g/mol. The van der Waals surface area contributed by atoms with Gasteiger partial charge in [0.25, 0.3) is 5.91 Å². The fourth-order valence-corrected chi connectivity index (χ4v) is 3.61. The Labute approximate surface area is 145 Å². The van der Waals surface area contributed by atoms with Gasteiger partial charge in [0.1, 0.15) is 0 Å². The molecule has 122 valence electrons. The number of nitrogens with one attached hydrogen (secondary N) is 1. The molecule has 0 atom stereocenters. The van der Waals surface area contributed by atoms with Gasteiger partial charge in [0, 0.05) is 11.9 Å². The number of aromatic nitrogens is 1. The molecule has 0 bridgehead atoms. The van der Waals surface area contributed by atoms with Gasteiger partial charge >= 0.3 is 0 Å². The van der Waals surface area contributed by atoms with Crippen LogP contribution in [0.4, 0.5) is 5.13 Å². The Bertz CT molecular complexity index is 680. The highest BCUT2D eigenvalue weighted by atomic mass is 35.5. The second-order valence-corrected chi connectivity index (χ2v) is 7.30. The zero-order chi connectivity index (χ0) is 16.2. The van der Waals surface area contributed by atoms with Gasteiger partial charge in [0.15, 0.2) is 5.13 Å². The molecule has 6 heteroatoms. The summed E-state index contributed by atoms with van der Waals surface area (Å²) in [5, 5.41) is 5.91. The number of likely N-dealkylation sites (tertiary alicyclic amines) is 1. The Balaban J connectivity index is 1.59. The third-order valence-corrected chi connectivity index (χ3v) is 5.29. The number of piperidine rings is 1. The molecule has 1 N–H and O–H groups in total. The Morgan fingerprint density at radius 1 is 1.39 bits per heavy atom. The zero-order valence-corrected chi connectivity index (χ0v) is 14.7. The zero-order valence-electron chi connectivity index (χ0n) is 13.1. The second-order valence-electron chi connectivity index (χ2n) is 6.04. The normalized spacial score (nSPS) is 16.4. The van der Waals surface area contributed by atoms with Crippen molar-refractivity contribution in [2.24, 2.45) is 5.92 Å². The van der Waals surface area contributed by atoms with Gasteiger partial charge in [-0.25, -0.2) is 4.98 Å². The van der Waals surface area contributed by atoms with E-state index in [1.165, 1.54) is 24.2 Å². The summed E-state index contributed by atoms with van der Waals surface area (Å²) < 4.78 is 0. The lowest BCUT2D eigenvalue weighted by Crippen LogP contribution is -2.32. The molecule has 1 aromatic heterocycles. The van der Waals surface area contributed by atoms with Gasteiger partial charge < -0.3 is 0 Å². The lowest BCUT2D eigenvalue weighted by molar-refractivity contribution is 0.102. The van der Waals surface area contributed by atoms with Crippen molar-refractivity contribution < 1.29 is 4.79 Å². The molecule has 1 aliphatic heterocycles. The molecular weight excluding hydrogens is 330 g/mol. The standard InChI is InChI=1S/C17H20ClN3OS/c1-12-6-8-21(9-7-12)10-13-11-23-17(19-13)20-16(22)14-4-2-3-5-15(14)18/h2-5,11-12H,6-10H2,1H3,(H,19,20,22). The van der Waals surface area contributed by atoms with E-state index < -0.39 is 0 Å². The summed E-state index contributed by atoms with van der Waals surface area (Å²) in [4.78, 5) is 19.2. The van der Waals surface area contributed by atoms with Crippen molar-refractivity contribution in [3.05, 3.63) is 45.9 Å². The summed E-state index contributed by atoms with van der Waals surface area (Å²) in [6.45, 7) is 5.41. The first-order chi connectivity index (χ1) is 11.1. The number of hydrogen-bond donors (Lipinski definition) is 1. The highest BCUT2D eigenvalue weighted by Gasteiger charge is 2.17. The van der Waals surface area contributed by atoms with Gasteiger partial charge in [-0.15, -0.1) is 11.3 Å². The van der Waals surface area contributed by atoms with Crippen LogP contribution in [-0.2, 0) is 6.54 Å². The maximum absolute atomic E-state index is 12.2. The van der Waals surface area contributed by atoms with Crippen LogP contribution < -0.4 is 5.32 Å². The SMILES string of the molecule is CC1CCN(Cc2csc(NC(=O)c3ccccc3Cl)n2)CC1. The number of nitrogens with zero attached hydrogens (tertiary/aromatic N) is 2. The van der Waals surface area contributed by atoms with Crippen LogP contribution in [0.25, 0.3) is 0 Å². The van der Waals surface area contributed by atoms with E-state index in [4.69, 9.17) is 11.6 Å². The first-order valence-electron chi connectivity index (χ1n) is 7.84. The van der Waals surface area contributed by atoms with E-state index in [2.05, 4.69) is 22.1 Å². The molecule has 0 unspecified atom stereocenters. The van der Waals surface area contributed by atoms with Crippen molar-refractivity contribution in [3.8, 4) is 0 Å². The van der Waals surface area contributed by atoms with E-state index in [-0.39, 0.29) is 5.91 Å². The van der Waals surface area contributed by atoms with Crippen molar-refractivity contribution in [3.63, 3.8) is 0 Å². The number of halogens is 1. The largest absolute Gasteiger partial charge is 0.298 e. The fourth-order valence-electron chi connectivity index (χ4n) is 2.70. The third kappa shape index (κ3) is 4.31. The second kappa shape index (κ2) is 7.43. The Morgan fingerprint density at radius 2 is 2.13 bits per heavy atom. The number of carbonyl (C=O) groups is 1. The molecule has 0 aliphatic carbocycles. The molecule has 1 aliphatic rings. The molecule has 0 radical (unpaired) electrons. The highest BCUT2D eigenvalue weighted by molar-refractivity contribution is 7.14. The maximum atomic E-state index is 12.2. The van der Waals surface area contributed by atoms with Crippen molar-refractivity contribution in [1.29, 1.82) is 0 Å². The average molecular weight is 350 g/mol. The molecule has 23 heavy (non-hydrogen) atoms. The number of rotatable bonds is 4. The topological polar surface area (TPSA) is 45.2 Å². The first kappa shape index (κ1) is 16.4. The molecular formula is C17H20ClN3OS. The average Bonchev–Trinajstić information content (AvgIpc) is 2.97. The van der Waals surface area contributed by atoms with Crippen molar-refractivity contribution in [2.75, 3.05) is 18.4 Å². The van der Waals surface area contributed by atoms with E-state index in [1.54, 1.807) is 24.3 Å². The van der Waals surface area contributed by atoms with Gasteiger partial charge in [-0.3, -0.25) is 15.0 Å². The number of hydrogen-bond acceptors (Lipinski definition) is 4. The minimum Gasteiger partial charge on any atom is -0.298 e. The lowest BCUT2D eigenvalue weighted by Gasteiger charge is -2.29. The van der Waals surface area contributed by atoms with Gasteiger partial charge in [0.2, 0.25) is 0 Å². The van der Waals surface area contributed by atoms with E-state index in [0.29, 0.717) is 15.7 Å². The Morgan fingerprint density at radius 3 is 2.87 bits per heavy atom. The minimum atomic E-state index is -0.219. The molecule has 1 amide bonds. The number of amides is 1. The summed E-state index contributed by atoms with van der Waals surface area (Å²) in [6, 6.07) is 7.02. The van der Waals surface area contributed by atoms with Crippen molar-refractivity contribution in [1.82, 2.24) is 9.88 Å². The number of benzene rings is 1. The molecule has 2 heterocycles. The van der Waals surface area contributed by atoms with Gasteiger partial charge in [-0.2, -0.15) is 0 Å². The maximum Gasteiger partial charge on any atom is 0.258 e.